The largest absolute Gasteiger partial charge is 0.478 e. The van der Waals surface area contributed by atoms with Gasteiger partial charge >= 0.3 is 5.97 Å². The molecule has 0 spiro atoms. The summed E-state index contributed by atoms with van der Waals surface area (Å²) < 4.78 is 1.54. The lowest BCUT2D eigenvalue weighted by molar-refractivity contribution is 0.0697. The maximum atomic E-state index is 10.7. The molecule has 0 aliphatic rings. The smallest absolute Gasteiger partial charge is 0.338 e. The maximum absolute atomic E-state index is 10.7. The summed E-state index contributed by atoms with van der Waals surface area (Å²) in [5, 5.41) is 12.8. The van der Waals surface area contributed by atoms with E-state index in [0.717, 1.165) is 11.4 Å². The van der Waals surface area contributed by atoms with E-state index in [4.69, 9.17) is 5.11 Å². The van der Waals surface area contributed by atoms with Crippen LogP contribution < -0.4 is 4.90 Å². The highest BCUT2D eigenvalue weighted by Gasteiger charge is 2.06. The average molecular weight is 231 g/mol. The van der Waals surface area contributed by atoms with Crippen LogP contribution in [0.2, 0.25) is 0 Å². The molecule has 0 aliphatic carbocycles. The lowest BCUT2D eigenvalue weighted by atomic mass is 10.2. The number of carbonyl (C=O) groups is 1. The van der Waals surface area contributed by atoms with Gasteiger partial charge in [-0.05, 0) is 24.3 Å². The molecule has 0 radical (unpaired) electrons. The van der Waals surface area contributed by atoms with Crippen molar-refractivity contribution in [1.82, 2.24) is 9.78 Å². The molecule has 0 amide bonds. The Hall–Kier alpha value is -2.30. The summed E-state index contributed by atoms with van der Waals surface area (Å²) in [5.74, 6) is -0.971. The van der Waals surface area contributed by atoms with E-state index >= 15 is 0 Å². The van der Waals surface area contributed by atoms with Gasteiger partial charge in [-0.1, -0.05) is 0 Å². The Labute approximate surface area is 98.9 Å². The van der Waals surface area contributed by atoms with Crippen LogP contribution in [0.3, 0.4) is 0 Å². The third kappa shape index (κ3) is 2.28. The number of carboxylic acids is 1. The molecular formula is C12H13N3O2. The van der Waals surface area contributed by atoms with E-state index in [0.29, 0.717) is 0 Å². The van der Waals surface area contributed by atoms with Gasteiger partial charge in [-0.25, -0.2) is 9.48 Å². The second-order valence-electron chi connectivity index (χ2n) is 3.89. The Kier molecular flexibility index (Phi) is 2.82. The summed E-state index contributed by atoms with van der Waals surface area (Å²) in [4.78, 5) is 12.7. The first kappa shape index (κ1) is 11.2. The van der Waals surface area contributed by atoms with E-state index in [1.54, 1.807) is 4.68 Å². The van der Waals surface area contributed by atoms with E-state index in [1.807, 2.05) is 43.3 Å². The maximum Gasteiger partial charge on any atom is 0.338 e. The fraction of sp³-hybridized carbons (Fsp3) is 0.167. The first-order chi connectivity index (χ1) is 8.08. The zero-order valence-electron chi connectivity index (χ0n) is 9.66. The highest BCUT2D eigenvalue weighted by Crippen LogP contribution is 2.15. The van der Waals surface area contributed by atoms with E-state index in [2.05, 4.69) is 5.10 Å². The molecule has 0 saturated carbocycles. The summed E-state index contributed by atoms with van der Waals surface area (Å²) in [6.07, 6.45) is 2.83. The minimum atomic E-state index is -0.971. The Morgan fingerprint density at radius 2 is 1.94 bits per heavy atom. The Balaban J connectivity index is 2.30. The van der Waals surface area contributed by atoms with Crippen molar-refractivity contribution in [2.45, 2.75) is 0 Å². The molecule has 0 aliphatic heterocycles. The third-order valence-electron chi connectivity index (χ3n) is 2.46. The predicted octanol–water partition coefficient (Wildman–Crippen LogP) is 1.64. The standard InChI is InChI=1S/C12H13N3O2/c1-14(2)10-3-5-11(6-4-10)15-8-9(7-13-15)12(16)17/h3-8H,1-2H3,(H,16,17). The molecule has 1 N–H and O–H groups in total. The number of nitrogens with zero attached hydrogens (tertiary/aromatic N) is 3. The molecule has 1 aromatic heterocycles. The Bertz CT molecular complexity index is 529. The average Bonchev–Trinajstić information content (AvgIpc) is 2.78. The lowest BCUT2D eigenvalue weighted by Crippen LogP contribution is -2.08. The zero-order chi connectivity index (χ0) is 12.4. The first-order valence-electron chi connectivity index (χ1n) is 5.13. The number of hydrogen-bond donors (Lipinski definition) is 1. The SMILES string of the molecule is CN(C)c1ccc(-n2cc(C(=O)O)cn2)cc1. The molecule has 5 heteroatoms. The molecule has 0 bridgehead atoms. The van der Waals surface area contributed by atoms with Crippen LogP contribution in [0.25, 0.3) is 5.69 Å². The predicted molar refractivity (Wildman–Crippen MR) is 64.9 cm³/mol. The Morgan fingerprint density at radius 3 is 2.41 bits per heavy atom. The molecular weight excluding hydrogens is 218 g/mol. The van der Waals surface area contributed by atoms with Crippen molar-refractivity contribution >= 4 is 11.7 Å². The van der Waals surface area contributed by atoms with Crippen molar-refractivity contribution in [2.75, 3.05) is 19.0 Å². The van der Waals surface area contributed by atoms with Gasteiger partial charge in [-0.2, -0.15) is 5.10 Å². The summed E-state index contributed by atoms with van der Waals surface area (Å²) in [6.45, 7) is 0. The Morgan fingerprint density at radius 1 is 1.29 bits per heavy atom. The molecule has 1 heterocycles. The van der Waals surface area contributed by atoms with Crippen LogP contribution in [0.4, 0.5) is 5.69 Å². The molecule has 0 atom stereocenters. The number of aromatic nitrogens is 2. The lowest BCUT2D eigenvalue weighted by Gasteiger charge is -2.12. The van der Waals surface area contributed by atoms with Gasteiger partial charge in [0.15, 0.2) is 0 Å². The van der Waals surface area contributed by atoms with Gasteiger partial charge in [0.2, 0.25) is 0 Å². The quantitative estimate of drug-likeness (QED) is 0.872. The molecule has 2 rings (SSSR count). The zero-order valence-corrected chi connectivity index (χ0v) is 9.66. The minimum absolute atomic E-state index is 0.182. The van der Waals surface area contributed by atoms with Gasteiger partial charge in [0, 0.05) is 26.0 Å². The minimum Gasteiger partial charge on any atom is -0.478 e. The van der Waals surface area contributed by atoms with E-state index < -0.39 is 5.97 Å². The van der Waals surface area contributed by atoms with Crippen molar-refractivity contribution in [3.63, 3.8) is 0 Å². The number of rotatable bonds is 3. The van der Waals surface area contributed by atoms with Gasteiger partial charge in [0.1, 0.15) is 0 Å². The second kappa shape index (κ2) is 4.29. The van der Waals surface area contributed by atoms with Crippen molar-refractivity contribution in [3.05, 3.63) is 42.2 Å². The van der Waals surface area contributed by atoms with Crippen LogP contribution in [0.15, 0.2) is 36.7 Å². The molecule has 0 saturated heterocycles. The number of anilines is 1. The highest BCUT2D eigenvalue weighted by molar-refractivity contribution is 5.86. The fourth-order valence-corrected chi connectivity index (χ4v) is 1.48. The highest BCUT2D eigenvalue weighted by atomic mass is 16.4. The molecule has 5 nitrogen and oxygen atoms in total. The molecule has 0 unspecified atom stereocenters. The van der Waals surface area contributed by atoms with Gasteiger partial charge in [0.25, 0.3) is 0 Å². The van der Waals surface area contributed by atoms with Crippen LogP contribution in [-0.4, -0.2) is 35.0 Å². The number of aromatic carboxylic acids is 1. The molecule has 0 fully saturated rings. The molecule has 88 valence electrons. The van der Waals surface area contributed by atoms with E-state index in [-0.39, 0.29) is 5.56 Å². The van der Waals surface area contributed by atoms with Crippen LogP contribution in [0, 0.1) is 0 Å². The summed E-state index contributed by atoms with van der Waals surface area (Å²) in [6, 6.07) is 7.71. The third-order valence-corrected chi connectivity index (χ3v) is 2.46. The van der Waals surface area contributed by atoms with Crippen molar-refractivity contribution < 1.29 is 9.90 Å². The first-order valence-corrected chi connectivity index (χ1v) is 5.13. The summed E-state index contributed by atoms with van der Waals surface area (Å²) in [7, 11) is 3.93. The number of benzene rings is 1. The van der Waals surface area contributed by atoms with Crippen molar-refractivity contribution in [3.8, 4) is 5.69 Å². The van der Waals surface area contributed by atoms with E-state index in [1.165, 1.54) is 12.4 Å². The van der Waals surface area contributed by atoms with Gasteiger partial charge in [0.05, 0.1) is 17.4 Å². The molecule has 1 aromatic carbocycles. The van der Waals surface area contributed by atoms with Crippen LogP contribution in [-0.2, 0) is 0 Å². The van der Waals surface area contributed by atoms with Gasteiger partial charge in [-0.15, -0.1) is 0 Å². The van der Waals surface area contributed by atoms with Gasteiger partial charge in [-0.3, -0.25) is 0 Å². The van der Waals surface area contributed by atoms with Crippen molar-refractivity contribution in [1.29, 1.82) is 0 Å². The monoisotopic (exact) mass is 231 g/mol. The van der Waals surface area contributed by atoms with Crippen LogP contribution >= 0.6 is 0 Å². The fourth-order valence-electron chi connectivity index (χ4n) is 1.48. The normalized spacial score (nSPS) is 10.2. The summed E-state index contributed by atoms with van der Waals surface area (Å²) >= 11 is 0. The van der Waals surface area contributed by atoms with Crippen molar-refractivity contribution in [2.24, 2.45) is 0 Å². The van der Waals surface area contributed by atoms with Crippen LogP contribution in [0.1, 0.15) is 10.4 Å². The second-order valence-corrected chi connectivity index (χ2v) is 3.89. The molecule has 17 heavy (non-hydrogen) atoms. The number of hydrogen-bond acceptors (Lipinski definition) is 3. The molecule has 2 aromatic rings. The van der Waals surface area contributed by atoms with E-state index in [9.17, 15) is 4.79 Å². The topological polar surface area (TPSA) is 58.4 Å². The van der Waals surface area contributed by atoms with Crippen LogP contribution in [0.5, 0.6) is 0 Å². The number of carboxylic acid groups (broad SMARTS) is 1. The van der Waals surface area contributed by atoms with Gasteiger partial charge < -0.3 is 10.0 Å². The summed E-state index contributed by atoms with van der Waals surface area (Å²) in [5.41, 5.74) is 2.10.